The third-order valence-electron chi connectivity index (χ3n) is 2.02. The van der Waals surface area contributed by atoms with Crippen molar-refractivity contribution >= 4 is 49.1 Å². The fraction of sp³-hybridized carbons (Fsp3) is 0.500. The third kappa shape index (κ3) is 17.0. The van der Waals surface area contributed by atoms with Gasteiger partial charge in [0.25, 0.3) is 5.08 Å². The first-order valence-corrected chi connectivity index (χ1v) is 13.0. The molecule has 0 spiro atoms. The van der Waals surface area contributed by atoms with Crippen molar-refractivity contribution in [2.45, 2.75) is 11.5 Å². The summed E-state index contributed by atoms with van der Waals surface area (Å²) < 4.78 is 52.3. The van der Waals surface area contributed by atoms with E-state index in [1.54, 1.807) is 0 Å². The zero-order valence-electron chi connectivity index (χ0n) is 15.2. The largest absolute Gasteiger partial charge is 0.657 e. The maximum atomic E-state index is 11.1. The number of primary amides is 3. The molecule has 0 aliphatic carbocycles. The number of phosphoric acid groups is 2. The van der Waals surface area contributed by atoms with Crippen LogP contribution in [0.1, 0.15) is 6.42 Å². The summed E-state index contributed by atoms with van der Waals surface area (Å²) in [5.74, 6) is 0. The minimum Gasteiger partial charge on any atom is -0.367 e. The molecule has 0 fully saturated rings. The number of aliphatic hydroxyl groups is 1. The lowest BCUT2D eigenvalue weighted by molar-refractivity contribution is 0.125. The first-order valence-electron chi connectivity index (χ1n) is 6.70. The predicted molar refractivity (Wildman–Crippen MR) is 96.6 cm³/mol. The van der Waals surface area contributed by atoms with Crippen molar-refractivity contribution in [3.8, 4) is 0 Å². The molecule has 0 saturated carbocycles. The van der Waals surface area contributed by atoms with Gasteiger partial charge in [0.05, 0.1) is 0 Å². The van der Waals surface area contributed by atoms with Crippen LogP contribution in [0.3, 0.4) is 0 Å². The van der Waals surface area contributed by atoms with E-state index in [-0.39, 0.29) is 0 Å². The Bertz CT molecular complexity index is 763. The van der Waals surface area contributed by atoms with Gasteiger partial charge < -0.3 is 75.9 Å². The van der Waals surface area contributed by atoms with Crippen molar-refractivity contribution in [1.82, 2.24) is 0 Å². The average Bonchev–Trinajstić information content (AvgIpc) is 2.40. The van der Waals surface area contributed by atoms with Crippen molar-refractivity contribution in [1.29, 1.82) is 0 Å². The van der Waals surface area contributed by atoms with Gasteiger partial charge in [0.1, 0.15) is 0 Å². The summed E-state index contributed by atoms with van der Waals surface area (Å²) in [6.07, 6.45) is -5.68. The summed E-state index contributed by atoms with van der Waals surface area (Å²) in [6.45, 7) is -0.452. The highest BCUT2D eigenvalue weighted by atomic mass is 31.2. The van der Waals surface area contributed by atoms with Crippen molar-refractivity contribution in [2.24, 2.45) is 22.9 Å². The van der Waals surface area contributed by atoms with Gasteiger partial charge in [0.15, 0.2) is 0 Å². The van der Waals surface area contributed by atoms with Crippen molar-refractivity contribution in [2.75, 3.05) is 6.54 Å². The normalized spacial score (nSPS) is 12.2. The van der Waals surface area contributed by atoms with Gasteiger partial charge in [-0.05, 0) is 6.54 Å². The molecule has 0 aliphatic rings. The van der Waals surface area contributed by atoms with Crippen LogP contribution >= 0.6 is 30.8 Å². The van der Waals surface area contributed by atoms with Crippen molar-refractivity contribution in [3.05, 3.63) is 0 Å². The van der Waals surface area contributed by atoms with E-state index in [0.717, 1.165) is 0 Å². The first kappa shape index (κ1) is 35.0. The zero-order valence-corrected chi connectivity index (χ0v) is 18.8. The summed E-state index contributed by atoms with van der Waals surface area (Å²) in [4.78, 5) is 86.1. The lowest BCUT2D eigenvalue weighted by atomic mass is 10.5. The molecule has 22 nitrogen and oxygen atoms in total. The minimum absolute atomic E-state index is 0.452. The number of hydrogen-bond acceptors (Lipinski definition) is 12. The monoisotopic (exact) mass is 560 g/mol. The molecule has 0 saturated heterocycles. The van der Waals surface area contributed by atoms with Gasteiger partial charge in [-0.2, -0.15) is 4.57 Å². The highest BCUT2D eigenvalue weighted by Gasteiger charge is 2.58. The van der Waals surface area contributed by atoms with E-state index < -0.39 is 67.2 Å². The Morgan fingerprint density at radius 1 is 0.688 bits per heavy atom. The maximum absolute atomic E-state index is 11.1. The zero-order chi connectivity index (χ0) is 26.8. The fourth-order valence-electron chi connectivity index (χ4n) is 1.04. The van der Waals surface area contributed by atoms with Gasteiger partial charge >= 0.3 is 49.1 Å². The number of amides is 3. The molecule has 0 radical (unpaired) electrons. The second-order valence-electron chi connectivity index (χ2n) is 4.59. The summed E-state index contributed by atoms with van der Waals surface area (Å²) in [7, 11) is -20.1. The SMILES string of the molecule is NC(=O)OP(=O)(OC(N)=O)OC(N)=O.NCCC(O)(P(=O)(O)O)P(=O)(O)O.O=P(O)(O)O. The number of nitrogens with two attached hydrogens (primary N) is 4. The van der Waals surface area contributed by atoms with Gasteiger partial charge in [-0.15, -0.1) is 0 Å². The lowest BCUT2D eigenvalue weighted by Gasteiger charge is -2.28. The highest BCUT2D eigenvalue weighted by molar-refractivity contribution is 7.72. The van der Waals surface area contributed by atoms with E-state index >= 15 is 0 Å². The van der Waals surface area contributed by atoms with Crippen LogP contribution in [0.15, 0.2) is 0 Å². The Hall–Kier alpha value is -1.63. The Kier molecular flexibility index (Phi) is 14.4. The molecular weight excluding hydrogens is 540 g/mol. The third-order valence-corrected chi connectivity index (χ3v) is 7.11. The Morgan fingerprint density at radius 3 is 1.00 bits per heavy atom. The summed E-state index contributed by atoms with van der Waals surface area (Å²) in [6, 6.07) is 0. The molecule has 32 heavy (non-hydrogen) atoms. The Morgan fingerprint density at radius 2 is 0.906 bits per heavy atom. The van der Waals surface area contributed by atoms with Crippen LogP contribution in [0, 0.1) is 0 Å². The minimum atomic E-state index is -5.31. The number of carbonyl (C=O) groups excluding carboxylic acids is 3. The molecule has 192 valence electrons. The number of carbonyl (C=O) groups is 3. The molecule has 3 amide bonds. The van der Waals surface area contributed by atoms with Crippen molar-refractivity contribution < 1.29 is 85.6 Å². The summed E-state index contributed by atoms with van der Waals surface area (Å²) >= 11 is 0. The maximum Gasteiger partial charge on any atom is 0.657 e. The molecule has 0 heterocycles. The van der Waals surface area contributed by atoms with Crippen molar-refractivity contribution in [3.63, 3.8) is 0 Å². The van der Waals surface area contributed by atoms with E-state index in [2.05, 4.69) is 30.8 Å². The van der Waals surface area contributed by atoms with Crippen LogP contribution in [0.4, 0.5) is 14.4 Å². The molecule has 0 aromatic carbocycles. The van der Waals surface area contributed by atoms with E-state index in [0.29, 0.717) is 0 Å². The average molecular weight is 560 g/mol. The van der Waals surface area contributed by atoms with Crippen LogP contribution < -0.4 is 22.9 Å². The van der Waals surface area contributed by atoms with E-state index in [9.17, 15) is 28.1 Å². The molecule has 0 rings (SSSR count). The number of hydrogen-bond donors (Lipinski definition) is 12. The molecular formula is C6H20N4O18P4. The predicted octanol–water partition coefficient (Wildman–Crippen LogP) is -3.21. The summed E-state index contributed by atoms with van der Waals surface area (Å²) in [5, 5.41) is 5.71. The summed E-state index contributed by atoms with van der Waals surface area (Å²) in [5.41, 5.74) is 18.2. The van der Waals surface area contributed by atoms with Crippen LogP contribution in [0.2, 0.25) is 0 Å². The smallest absolute Gasteiger partial charge is 0.367 e. The first-order chi connectivity index (χ1) is 13.8. The van der Waals surface area contributed by atoms with Gasteiger partial charge in [0, 0.05) is 6.42 Å². The fourth-order valence-corrected chi connectivity index (χ4v) is 4.01. The van der Waals surface area contributed by atoms with Gasteiger partial charge in [-0.25, -0.2) is 18.9 Å². The Labute approximate surface area is 176 Å². The lowest BCUT2D eigenvalue weighted by Crippen LogP contribution is -2.31. The highest BCUT2D eigenvalue weighted by Crippen LogP contribution is 2.68. The van der Waals surface area contributed by atoms with E-state index in [1.165, 1.54) is 0 Å². The second-order valence-corrected chi connectivity index (χ2v) is 11.1. The van der Waals surface area contributed by atoms with Crippen LogP contribution in [-0.4, -0.2) is 69.3 Å². The molecule has 0 aliphatic heterocycles. The molecule has 0 unspecified atom stereocenters. The number of phosphoric ester groups is 1. The van der Waals surface area contributed by atoms with Gasteiger partial charge in [0.2, 0.25) is 0 Å². The topological polar surface area (TPSA) is 413 Å². The molecule has 0 bridgehead atoms. The van der Waals surface area contributed by atoms with Crippen LogP contribution in [-0.2, 0) is 31.8 Å². The van der Waals surface area contributed by atoms with Gasteiger partial charge in [-0.1, -0.05) is 0 Å². The quantitative estimate of drug-likeness (QED) is 0.136. The molecule has 0 aromatic heterocycles. The van der Waals surface area contributed by atoms with E-state index in [1.807, 2.05) is 0 Å². The second kappa shape index (κ2) is 13.2. The number of rotatable bonds is 7. The van der Waals surface area contributed by atoms with E-state index in [4.69, 9.17) is 49.7 Å². The molecule has 0 atom stereocenters. The Balaban J connectivity index is -0.000000436. The molecule has 0 aromatic rings. The van der Waals surface area contributed by atoms with Crippen LogP contribution in [0.25, 0.3) is 0 Å². The van der Waals surface area contributed by atoms with Crippen LogP contribution in [0.5, 0.6) is 0 Å². The van der Waals surface area contributed by atoms with Gasteiger partial charge in [-0.3, -0.25) is 9.13 Å². The standard InChI is InChI=1S/C3H6N3O7P.C3H11NO7P2.H3O4P/c4-1(7)11-14(10,12-2(5)8)13-3(6)9;4-2-1-3(5,12(6,7)8)13(9,10)11;1-5(2,3)4/h(H2,4,7)(H2,5,8)(H2,6,9);5H,1-2,4H2,(H2,6,7,8)(H2,9,10,11);(H3,1,2,3,4). The molecule has 16 N–H and O–H groups in total. The molecule has 26 heteroatoms.